The van der Waals surface area contributed by atoms with Crippen LogP contribution in [0.3, 0.4) is 0 Å². The quantitative estimate of drug-likeness (QED) is 0.779. The van der Waals surface area contributed by atoms with Crippen molar-refractivity contribution >= 4 is 42.9 Å². The lowest BCUT2D eigenvalue weighted by molar-refractivity contribution is 0.0912. The van der Waals surface area contributed by atoms with Crippen LogP contribution in [0.25, 0.3) is 0 Å². The lowest BCUT2D eigenvalue weighted by atomic mass is 10.2. The van der Waals surface area contributed by atoms with Crippen LogP contribution >= 0.6 is 27.3 Å². The fraction of sp³-hybridized carbons (Fsp3) is 0.545. The van der Waals surface area contributed by atoms with Gasteiger partial charge in [0.2, 0.25) is 0 Å². The molecule has 7 heteroatoms. The molecule has 0 aliphatic carbocycles. The number of Topliss-reactive ketones (excluding diaryl/α,β-unsaturated/α-hetero) is 1. The van der Waals surface area contributed by atoms with E-state index in [1.807, 2.05) is 23.3 Å². The van der Waals surface area contributed by atoms with Gasteiger partial charge in [0.05, 0.1) is 22.9 Å². The second kappa shape index (κ2) is 5.40. The Morgan fingerprint density at radius 3 is 2.89 bits per heavy atom. The van der Waals surface area contributed by atoms with Gasteiger partial charge in [-0.2, -0.15) is 0 Å². The monoisotopic (exact) mass is 351 g/mol. The molecule has 0 amide bonds. The molecule has 2 rings (SSSR count). The Hall–Kier alpha value is -0.240. The zero-order valence-corrected chi connectivity index (χ0v) is 13.1. The normalized spacial score (nSPS) is 24.0. The van der Waals surface area contributed by atoms with Gasteiger partial charge in [0, 0.05) is 17.1 Å². The van der Waals surface area contributed by atoms with E-state index < -0.39 is 9.84 Å². The van der Waals surface area contributed by atoms with Crippen molar-refractivity contribution in [2.75, 3.05) is 24.6 Å². The standard InChI is InChI=1S/C11H14BrNO3S2/c1-8-7-18(15,16)5-3-13(8)6-10(14)11-9(12)2-4-17-11/h2,4,8H,3,5-7H2,1H3. The SMILES string of the molecule is CC1CS(=O)(=O)CCN1CC(=O)c1sccc1Br. The van der Waals surface area contributed by atoms with Crippen molar-refractivity contribution in [2.24, 2.45) is 0 Å². The van der Waals surface area contributed by atoms with Crippen molar-refractivity contribution in [1.29, 1.82) is 0 Å². The molecule has 100 valence electrons. The van der Waals surface area contributed by atoms with Crippen LogP contribution in [0.1, 0.15) is 16.6 Å². The molecule has 2 heterocycles. The van der Waals surface area contributed by atoms with E-state index >= 15 is 0 Å². The molecule has 1 unspecified atom stereocenters. The first-order valence-electron chi connectivity index (χ1n) is 5.60. The number of nitrogens with zero attached hydrogens (tertiary/aromatic N) is 1. The average molecular weight is 352 g/mol. The highest BCUT2D eigenvalue weighted by atomic mass is 79.9. The molecule has 1 aromatic rings. The molecule has 1 aliphatic heterocycles. The fourth-order valence-electron chi connectivity index (χ4n) is 2.02. The third kappa shape index (κ3) is 3.20. The van der Waals surface area contributed by atoms with E-state index in [4.69, 9.17) is 0 Å². The Morgan fingerprint density at radius 1 is 1.61 bits per heavy atom. The van der Waals surface area contributed by atoms with Gasteiger partial charge in [0.1, 0.15) is 0 Å². The number of rotatable bonds is 3. The lowest BCUT2D eigenvalue weighted by Gasteiger charge is -2.32. The van der Waals surface area contributed by atoms with E-state index in [1.54, 1.807) is 0 Å². The molecule has 0 aromatic carbocycles. The Morgan fingerprint density at radius 2 is 2.33 bits per heavy atom. The van der Waals surface area contributed by atoms with Gasteiger partial charge in [-0.3, -0.25) is 9.69 Å². The van der Waals surface area contributed by atoms with Gasteiger partial charge >= 0.3 is 0 Å². The molecule has 1 aliphatic rings. The molecule has 0 spiro atoms. The second-order valence-corrected chi connectivity index (χ2v) is 8.45. The number of thiophene rings is 1. The summed E-state index contributed by atoms with van der Waals surface area (Å²) in [7, 11) is -2.92. The van der Waals surface area contributed by atoms with E-state index in [0.29, 0.717) is 11.4 Å². The molecule has 0 N–H and O–H groups in total. The molecule has 0 radical (unpaired) electrons. The number of hydrogen-bond acceptors (Lipinski definition) is 5. The second-order valence-electron chi connectivity index (χ2n) is 4.45. The summed E-state index contributed by atoms with van der Waals surface area (Å²) in [4.78, 5) is 14.7. The maximum absolute atomic E-state index is 12.1. The van der Waals surface area contributed by atoms with Crippen LogP contribution in [0.4, 0.5) is 0 Å². The van der Waals surface area contributed by atoms with Crippen LogP contribution in [-0.2, 0) is 9.84 Å². The predicted octanol–water partition coefficient (Wildman–Crippen LogP) is 1.81. The minimum Gasteiger partial charge on any atom is -0.292 e. The minimum absolute atomic E-state index is 0.0445. The third-order valence-corrected chi connectivity index (χ3v) is 6.70. The van der Waals surface area contributed by atoms with Crippen molar-refractivity contribution in [3.8, 4) is 0 Å². The summed E-state index contributed by atoms with van der Waals surface area (Å²) in [6.45, 7) is 2.58. The summed E-state index contributed by atoms with van der Waals surface area (Å²) >= 11 is 4.75. The summed E-state index contributed by atoms with van der Waals surface area (Å²) in [5, 5.41) is 1.86. The number of hydrogen-bond donors (Lipinski definition) is 0. The average Bonchev–Trinajstić information content (AvgIpc) is 2.68. The zero-order chi connectivity index (χ0) is 13.3. The van der Waals surface area contributed by atoms with E-state index in [0.717, 1.165) is 4.47 Å². The fourth-order valence-corrected chi connectivity index (χ4v) is 5.17. The van der Waals surface area contributed by atoms with Crippen LogP contribution in [0.5, 0.6) is 0 Å². The molecule has 1 fully saturated rings. The first kappa shape index (κ1) is 14.2. The van der Waals surface area contributed by atoms with Crippen molar-refractivity contribution in [3.63, 3.8) is 0 Å². The number of halogens is 1. The van der Waals surface area contributed by atoms with Gasteiger partial charge in [-0.15, -0.1) is 11.3 Å². The first-order valence-corrected chi connectivity index (χ1v) is 9.09. The Bertz CT molecular complexity index is 552. The zero-order valence-electron chi connectivity index (χ0n) is 9.93. The molecule has 1 aromatic heterocycles. The number of sulfone groups is 1. The predicted molar refractivity (Wildman–Crippen MR) is 76.0 cm³/mol. The lowest BCUT2D eigenvalue weighted by Crippen LogP contribution is -2.48. The van der Waals surface area contributed by atoms with Gasteiger partial charge in [0.15, 0.2) is 15.6 Å². The van der Waals surface area contributed by atoms with Gasteiger partial charge in [-0.05, 0) is 34.3 Å². The highest BCUT2D eigenvalue weighted by Crippen LogP contribution is 2.24. The van der Waals surface area contributed by atoms with Crippen LogP contribution in [0.2, 0.25) is 0 Å². The number of carbonyl (C=O) groups is 1. The number of carbonyl (C=O) groups excluding carboxylic acids is 1. The summed E-state index contributed by atoms with van der Waals surface area (Å²) in [5.74, 6) is 0.338. The summed E-state index contributed by atoms with van der Waals surface area (Å²) < 4.78 is 23.7. The molecule has 0 saturated carbocycles. The Kier molecular flexibility index (Phi) is 4.25. The minimum atomic E-state index is -2.92. The van der Waals surface area contributed by atoms with Gasteiger partial charge < -0.3 is 0 Å². The molecule has 18 heavy (non-hydrogen) atoms. The maximum atomic E-state index is 12.1. The van der Waals surface area contributed by atoms with E-state index in [9.17, 15) is 13.2 Å². The topological polar surface area (TPSA) is 54.5 Å². The van der Waals surface area contributed by atoms with Crippen LogP contribution in [0, 0.1) is 0 Å². The van der Waals surface area contributed by atoms with Crippen molar-refractivity contribution < 1.29 is 13.2 Å². The van der Waals surface area contributed by atoms with Gasteiger partial charge in [0.25, 0.3) is 0 Å². The van der Waals surface area contributed by atoms with Crippen LogP contribution in [-0.4, -0.2) is 49.7 Å². The summed E-state index contributed by atoms with van der Waals surface area (Å²) in [6, 6.07) is 1.76. The molecular formula is C11H14BrNO3S2. The highest BCUT2D eigenvalue weighted by Gasteiger charge is 2.29. The third-order valence-electron chi connectivity index (χ3n) is 3.03. The molecule has 1 atom stereocenters. The number of ketones is 1. The van der Waals surface area contributed by atoms with Crippen molar-refractivity contribution in [2.45, 2.75) is 13.0 Å². The summed E-state index contributed by atoms with van der Waals surface area (Å²) in [6.07, 6.45) is 0. The van der Waals surface area contributed by atoms with E-state index in [-0.39, 0.29) is 29.9 Å². The smallest absolute Gasteiger partial charge is 0.187 e. The van der Waals surface area contributed by atoms with Gasteiger partial charge in [-0.25, -0.2) is 8.42 Å². The van der Waals surface area contributed by atoms with Crippen molar-refractivity contribution in [3.05, 3.63) is 20.8 Å². The highest BCUT2D eigenvalue weighted by molar-refractivity contribution is 9.10. The van der Waals surface area contributed by atoms with Crippen LogP contribution < -0.4 is 0 Å². The van der Waals surface area contributed by atoms with Crippen molar-refractivity contribution in [1.82, 2.24) is 4.90 Å². The molecule has 4 nitrogen and oxygen atoms in total. The van der Waals surface area contributed by atoms with E-state index in [2.05, 4.69) is 15.9 Å². The molecule has 0 bridgehead atoms. The molecular weight excluding hydrogens is 338 g/mol. The first-order chi connectivity index (χ1) is 8.39. The maximum Gasteiger partial charge on any atom is 0.187 e. The Labute approximate surface area is 119 Å². The summed E-state index contributed by atoms with van der Waals surface area (Å²) in [5.41, 5.74) is 0. The largest absolute Gasteiger partial charge is 0.292 e. The Balaban J connectivity index is 2.03. The van der Waals surface area contributed by atoms with Crippen LogP contribution in [0.15, 0.2) is 15.9 Å². The van der Waals surface area contributed by atoms with Gasteiger partial charge in [-0.1, -0.05) is 0 Å². The molecule has 1 saturated heterocycles. The van der Waals surface area contributed by atoms with E-state index in [1.165, 1.54) is 11.3 Å².